The van der Waals surface area contributed by atoms with E-state index in [1.54, 1.807) is 36.4 Å². The van der Waals surface area contributed by atoms with Gasteiger partial charge in [0.2, 0.25) is 0 Å². The fraction of sp³-hybridized carbons (Fsp3) is 0.118. The molecule has 24 heavy (non-hydrogen) atoms. The molecule has 0 heterocycles. The van der Waals surface area contributed by atoms with Gasteiger partial charge in [0.1, 0.15) is 12.4 Å². The zero-order valence-electron chi connectivity index (χ0n) is 13.1. The smallest absolute Gasteiger partial charge is 0.276 e. The molecule has 2 rings (SSSR count). The molecule has 0 saturated carbocycles. The highest BCUT2D eigenvalue weighted by Crippen LogP contribution is 2.21. The van der Waals surface area contributed by atoms with Gasteiger partial charge < -0.3 is 4.74 Å². The highest BCUT2D eigenvalue weighted by molar-refractivity contribution is 9.10. The SMILES string of the molecule is C=CCOc1ccc(Br)c(C=NNS(=O)(=O)c2ccc(C)cc2)c1. The Bertz CT molecular complexity index is 847. The highest BCUT2D eigenvalue weighted by Gasteiger charge is 2.11. The van der Waals surface area contributed by atoms with E-state index in [9.17, 15) is 8.42 Å². The lowest BCUT2D eigenvalue weighted by Gasteiger charge is -2.06. The predicted octanol–water partition coefficient (Wildman–Crippen LogP) is 3.63. The van der Waals surface area contributed by atoms with Gasteiger partial charge in [0.15, 0.2) is 0 Å². The summed E-state index contributed by atoms with van der Waals surface area (Å²) in [6, 6.07) is 11.9. The molecule has 0 aliphatic heterocycles. The minimum Gasteiger partial charge on any atom is -0.490 e. The van der Waals surface area contributed by atoms with Gasteiger partial charge in [-0.05, 0) is 37.3 Å². The third-order valence-corrected chi connectivity index (χ3v) is 5.00. The van der Waals surface area contributed by atoms with Crippen molar-refractivity contribution in [3.8, 4) is 5.75 Å². The third kappa shape index (κ3) is 4.94. The summed E-state index contributed by atoms with van der Waals surface area (Å²) in [5.41, 5.74) is 1.67. The van der Waals surface area contributed by atoms with Crippen molar-refractivity contribution in [2.45, 2.75) is 11.8 Å². The molecule has 2 aromatic carbocycles. The average molecular weight is 409 g/mol. The Balaban J connectivity index is 2.13. The van der Waals surface area contributed by atoms with E-state index >= 15 is 0 Å². The Kier molecular flexibility index (Phi) is 6.16. The number of hydrogen-bond donors (Lipinski definition) is 1. The van der Waals surface area contributed by atoms with Gasteiger partial charge >= 0.3 is 0 Å². The molecule has 0 aliphatic carbocycles. The lowest BCUT2D eigenvalue weighted by Crippen LogP contribution is -2.18. The first-order valence-electron chi connectivity index (χ1n) is 7.07. The molecule has 126 valence electrons. The number of benzene rings is 2. The molecule has 0 bridgehead atoms. The number of nitrogens with zero attached hydrogens (tertiary/aromatic N) is 1. The summed E-state index contributed by atoms with van der Waals surface area (Å²) in [4.78, 5) is 2.36. The van der Waals surface area contributed by atoms with Crippen LogP contribution in [-0.2, 0) is 10.0 Å². The Labute approximate surface area is 150 Å². The second-order valence-corrected chi connectivity index (χ2v) is 7.46. The summed E-state index contributed by atoms with van der Waals surface area (Å²) >= 11 is 3.39. The van der Waals surface area contributed by atoms with Gasteiger partial charge in [0, 0.05) is 10.0 Å². The first-order chi connectivity index (χ1) is 11.4. The van der Waals surface area contributed by atoms with Crippen LogP contribution in [0.25, 0.3) is 0 Å². The molecule has 0 radical (unpaired) electrons. The van der Waals surface area contributed by atoms with Crippen molar-refractivity contribution in [1.82, 2.24) is 4.83 Å². The van der Waals surface area contributed by atoms with Crippen molar-refractivity contribution < 1.29 is 13.2 Å². The molecule has 1 N–H and O–H groups in total. The van der Waals surface area contributed by atoms with Crippen LogP contribution in [0, 0.1) is 6.92 Å². The van der Waals surface area contributed by atoms with Crippen LogP contribution < -0.4 is 9.57 Å². The quantitative estimate of drug-likeness (QED) is 0.431. The molecular formula is C17H17BrN2O3S. The van der Waals surface area contributed by atoms with E-state index < -0.39 is 10.0 Å². The zero-order valence-corrected chi connectivity index (χ0v) is 15.5. The molecule has 0 spiro atoms. The number of rotatable bonds is 7. The fourth-order valence-corrected chi connectivity index (χ4v) is 2.94. The van der Waals surface area contributed by atoms with Crippen LogP contribution in [0.15, 0.2) is 69.6 Å². The standard InChI is InChI=1S/C17H17BrN2O3S/c1-3-10-23-15-6-9-17(18)14(11-15)12-19-20-24(21,22)16-7-4-13(2)5-8-16/h3-9,11-12,20H,1,10H2,2H3. The number of ether oxygens (including phenoxy) is 1. The van der Waals surface area contributed by atoms with Crippen LogP contribution in [0.3, 0.4) is 0 Å². The lowest BCUT2D eigenvalue weighted by molar-refractivity contribution is 0.363. The monoisotopic (exact) mass is 408 g/mol. The van der Waals surface area contributed by atoms with Gasteiger partial charge in [0.25, 0.3) is 10.0 Å². The molecular weight excluding hydrogens is 392 g/mol. The normalized spacial score (nSPS) is 11.4. The maximum atomic E-state index is 12.2. The largest absolute Gasteiger partial charge is 0.490 e. The number of hydrogen-bond acceptors (Lipinski definition) is 4. The maximum absolute atomic E-state index is 12.2. The predicted molar refractivity (Wildman–Crippen MR) is 98.9 cm³/mol. The number of halogens is 1. The molecule has 0 amide bonds. The van der Waals surface area contributed by atoms with Crippen molar-refractivity contribution in [2.75, 3.05) is 6.61 Å². The Hall–Kier alpha value is -2.12. The van der Waals surface area contributed by atoms with Gasteiger partial charge in [0.05, 0.1) is 11.1 Å². The van der Waals surface area contributed by atoms with Crippen molar-refractivity contribution in [1.29, 1.82) is 0 Å². The van der Waals surface area contributed by atoms with E-state index in [0.29, 0.717) is 17.9 Å². The third-order valence-electron chi connectivity index (χ3n) is 3.04. The first-order valence-corrected chi connectivity index (χ1v) is 9.35. The van der Waals surface area contributed by atoms with Gasteiger partial charge in [-0.3, -0.25) is 0 Å². The Morgan fingerprint density at radius 1 is 1.25 bits per heavy atom. The van der Waals surface area contributed by atoms with E-state index in [4.69, 9.17) is 4.74 Å². The van der Waals surface area contributed by atoms with Crippen molar-refractivity contribution >= 4 is 32.2 Å². The minimum absolute atomic E-state index is 0.160. The number of sulfonamides is 1. The molecule has 0 atom stereocenters. The molecule has 0 fully saturated rings. The summed E-state index contributed by atoms with van der Waals surface area (Å²) < 4.78 is 30.5. The highest BCUT2D eigenvalue weighted by atomic mass is 79.9. The molecule has 7 heteroatoms. The van der Waals surface area contributed by atoms with Crippen LogP contribution in [0.4, 0.5) is 0 Å². The van der Waals surface area contributed by atoms with E-state index in [0.717, 1.165) is 10.0 Å². The molecule has 0 unspecified atom stereocenters. The van der Waals surface area contributed by atoms with Gasteiger partial charge in [-0.15, -0.1) is 0 Å². The molecule has 0 aromatic heterocycles. The van der Waals surface area contributed by atoms with Crippen LogP contribution in [0.5, 0.6) is 5.75 Å². The summed E-state index contributed by atoms with van der Waals surface area (Å²) in [5, 5.41) is 3.83. The van der Waals surface area contributed by atoms with E-state index in [-0.39, 0.29) is 4.90 Å². The lowest BCUT2D eigenvalue weighted by atomic mass is 10.2. The van der Waals surface area contributed by atoms with Crippen molar-refractivity contribution in [2.24, 2.45) is 5.10 Å². The van der Waals surface area contributed by atoms with Gasteiger partial charge in [-0.25, -0.2) is 4.83 Å². The fourth-order valence-electron chi connectivity index (χ4n) is 1.80. The van der Waals surface area contributed by atoms with E-state index in [1.165, 1.54) is 18.3 Å². The summed E-state index contributed by atoms with van der Waals surface area (Å²) in [7, 11) is -3.69. The van der Waals surface area contributed by atoms with Crippen LogP contribution in [-0.4, -0.2) is 21.2 Å². The van der Waals surface area contributed by atoms with Crippen molar-refractivity contribution in [3.63, 3.8) is 0 Å². The van der Waals surface area contributed by atoms with Crippen LogP contribution in [0.2, 0.25) is 0 Å². The number of hydrazone groups is 1. The average Bonchev–Trinajstić information content (AvgIpc) is 2.55. The summed E-state index contributed by atoms with van der Waals surface area (Å²) in [5.74, 6) is 0.640. The van der Waals surface area contributed by atoms with Crippen molar-refractivity contribution in [3.05, 3.63) is 70.7 Å². The van der Waals surface area contributed by atoms with Gasteiger partial charge in [-0.1, -0.05) is 46.3 Å². The Morgan fingerprint density at radius 2 is 1.96 bits per heavy atom. The topological polar surface area (TPSA) is 67.8 Å². The van der Waals surface area contributed by atoms with E-state index in [1.807, 2.05) is 6.92 Å². The zero-order chi connectivity index (χ0) is 17.6. The van der Waals surface area contributed by atoms with E-state index in [2.05, 4.69) is 32.4 Å². The number of aryl methyl sites for hydroxylation is 1. The maximum Gasteiger partial charge on any atom is 0.276 e. The molecule has 2 aromatic rings. The first kappa shape index (κ1) is 18.2. The summed E-state index contributed by atoms with van der Waals surface area (Å²) in [6.45, 7) is 5.87. The van der Waals surface area contributed by atoms with Crippen LogP contribution >= 0.6 is 15.9 Å². The minimum atomic E-state index is -3.69. The summed E-state index contributed by atoms with van der Waals surface area (Å²) in [6.07, 6.45) is 3.06. The van der Waals surface area contributed by atoms with Gasteiger partial charge in [-0.2, -0.15) is 13.5 Å². The number of nitrogens with one attached hydrogen (secondary N) is 1. The molecule has 0 aliphatic rings. The molecule has 0 saturated heterocycles. The second-order valence-electron chi connectivity index (χ2n) is 4.95. The molecule has 5 nitrogen and oxygen atoms in total. The Morgan fingerprint density at radius 3 is 2.62 bits per heavy atom. The second kappa shape index (κ2) is 8.12. The van der Waals surface area contributed by atoms with Crippen LogP contribution in [0.1, 0.15) is 11.1 Å².